The second-order valence-electron chi connectivity index (χ2n) is 4.29. The minimum absolute atomic E-state index is 0.399. The van der Waals surface area contributed by atoms with Crippen LogP contribution in [0.25, 0.3) is 0 Å². The molecule has 0 aliphatic rings. The molecular formula is C13H19N5OS. The van der Waals surface area contributed by atoms with E-state index in [1.54, 1.807) is 13.3 Å². The van der Waals surface area contributed by atoms with Crippen LogP contribution in [0.15, 0.2) is 28.6 Å². The number of imidazole rings is 1. The fraction of sp³-hybridized carbons (Fsp3) is 0.462. The molecule has 0 radical (unpaired) electrons. The molecule has 0 aliphatic carbocycles. The third-order valence-corrected chi connectivity index (χ3v) is 3.55. The lowest BCUT2D eigenvalue weighted by Crippen LogP contribution is -2.06. The molecule has 2 aromatic rings. The molecule has 0 atom stereocenters. The molecule has 7 heteroatoms. The number of ether oxygens (including phenoxy) is 1. The maximum atomic E-state index is 5.12. The van der Waals surface area contributed by atoms with Crippen LogP contribution in [0.5, 0.6) is 0 Å². The van der Waals surface area contributed by atoms with Crippen molar-refractivity contribution >= 4 is 17.6 Å². The molecule has 0 unspecified atom stereocenters. The molecule has 20 heavy (non-hydrogen) atoms. The normalized spacial score (nSPS) is 10.8. The first-order chi connectivity index (χ1) is 9.72. The van der Waals surface area contributed by atoms with E-state index in [1.165, 1.54) is 11.8 Å². The quantitative estimate of drug-likeness (QED) is 0.790. The summed E-state index contributed by atoms with van der Waals surface area (Å²) in [6.07, 6.45) is 4.73. The second kappa shape index (κ2) is 7.25. The average molecular weight is 293 g/mol. The Morgan fingerprint density at radius 2 is 2.25 bits per heavy atom. The molecule has 108 valence electrons. The van der Waals surface area contributed by atoms with Crippen molar-refractivity contribution in [2.45, 2.75) is 30.1 Å². The van der Waals surface area contributed by atoms with Crippen LogP contribution in [0.2, 0.25) is 0 Å². The zero-order valence-corrected chi connectivity index (χ0v) is 12.8. The van der Waals surface area contributed by atoms with Crippen molar-refractivity contribution in [1.29, 1.82) is 0 Å². The van der Waals surface area contributed by atoms with Gasteiger partial charge in [0.15, 0.2) is 11.0 Å². The number of anilines is 1. The summed E-state index contributed by atoms with van der Waals surface area (Å²) in [5.74, 6) is 1.50. The van der Waals surface area contributed by atoms with Crippen molar-refractivity contribution in [2.24, 2.45) is 7.05 Å². The van der Waals surface area contributed by atoms with Crippen LogP contribution in [0.1, 0.15) is 19.2 Å². The van der Waals surface area contributed by atoms with Gasteiger partial charge in [0.25, 0.3) is 0 Å². The lowest BCUT2D eigenvalue weighted by Gasteiger charge is -2.08. The highest BCUT2D eigenvalue weighted by Gasteiger charge is 2.08. The Kier molecular flexibility index (Phi) is 5.37. The Morgan fingerprint density at radius 1 is 1.40 bits per heavy atom. The van der Waals surface area contributed by atoms with Crippen LogP contribution < -0.4 is 5.32 Å². The molecule has 0 fully saturated rings. The Balaban J connectivity index is 2.21. The first-order valence-corrected chi connectivity index (χ1v) is 7.30. The van der Waals surface area contributed by atoms with Gasteiger partial charge in [0.2, 0.25) is 0 Å². The third kappa shape index (κ3) is 3.94. The van der Waals surface area contributed by atoms with Gasteiger partial charge in [0.1, 0.15) is 17.5 Å². The van der Waals surface area contributed by atoms with E-state index in [9.17, 15) is 0 Å². The highest BCUT2D eigenvalue weighted by atomic mass is 32.2. The van der Waals surface area contributed by atoms with Gasteiger partial charge >= 0.3 is 0 Å². The number of aromatic nitrogens is 4. The lowest BCUT2D eigenvalue weighted by molar-refractivity contribution is 0.177. The van der Waals surface area contributed by atoms with Crippen LogP contribution in [-0.2, 0) is 18.4 Å². The summed E-state index contributed by atoms with van der Waals surface area (Å²) >= 11 is 1.51. The lowest BCUT2D eigenvalue weighted by atomic mass is 10.4. The molecule has 0 saturated heterocycles. The highest BCUT2D eigenvalue weighted by Crippen LogP contribution is 2.25. The minimum atomic E-state index is 0.399. The third-order valence-electron chi connectivity index (χ3n) is 2.55. The van der Waals surface area contributed by atoms with E-state index in [-0.39, 0.29) is 0 Å². The van der Waals surface area contributed by atoms with E-state index in [0.29, 0.717) is 12.4 Å². The molecule has 0 aromatic carbocycles. The predicted octanol–water partition coefficient (Wildman–Crippen LogP) is 2.33. The molecular weight excluding hydrogens is 274 g/mol. The monoisotopic (exact) mass is 293 g/mol. The van der Waals surface area contributed by atoms with Crippen LogP contribution in [0.3, 0.4) is 0 Å². The first-order valence-electron chi connectivity index (χ1n) is 6.49. The van der Waals surface area contributed by atoms with Crippen LogP contribution in [0, 0.1) is 0 Å². The van der Waals surface area contributed by atoms with Crippen molar-refractivity contribution in [3.05, 3.63) is 24.3 Å². The van der Waals surface area contributed by atoms with Crippen molar-refractivity contribution in [3.8, 4) is 0 Å². The molecule has 6 nitrogen and oxygen atoms in total. The zero-order chi connectivity index (χ0) is 14.4. The number of hydrogen-bond acceptors (Lipinski definition) is 6. The Labute approximate surface area is 123 Å². The standard InChI is InChI=1S/C13H19N5OS/c1-4-5-14-10-8-12(17-11(16-10)9-19-3)20-13-15-6-7-18(13)2/h6-8H,4-5,9H2,1-3H3,(H,14,16,17). The summed E-state index contributed by atoms with van der Waals surface area (Å²) in [7, 11) is 3.60. The number of aryl methyl sites for hydroxylation is 1. The van der Waals surface area contributed by atoms with E-state index < -0.39 is 0 Å². The van der Waals surface area contributed by atoms with Gasteiger partial charge in [-0.05, 0) is 18.2 Å². The topological polar surface area (TPSA) is 64.9 Å². The number of hydrogen-bond donors (Lipinski definition) is 1. The fourth-order valence-corrected chi connectivity index (χ4v) is 2.43. The summed E-state index contributed by atoms with van der Waals surface area (Å²) in [6, 6.07) is 1.94. The van der Waals surface area contributed by atoms with Crippen LogP contribution in [0.4, 0.5) is 5.82 Å². The van der Waals surface area contributed by atoms with Gasteiger partial charge in [0, 0.05) is 39.2 Å². The van der Waals surface area contributed by atoms with Gasteiger partial charge < -0.3 is 14.6 Å². The summed E-state index contributed by atoms with van der Waals surface area (Å²) < 4.78 is 7.08. The number of rotatable bonds is 7. The zero-order valence-electron chi connectivity index (χ0n) is 12.0. The fourth-order valence-electron chi connectivity index (χ4n) is 1.61. The van der Waals surface area contributed by atoms with Gasteiger partial charge in [-0.1, -0.05) is 6.92 Å². The first kappa shape index (κ1) is 14.8. The SMILES string of the molecule is CCCNc1cc(Sc2nccn2C)nc(COC)n1. The summed E-state index contributed by atoms with van der Waals surface area (Å²) in [5, 5.41) is 5.04. The molecule has 2 aromatic heterocycles. The van der Waals surface area contributed by atoms with Crippen molar-refractivity contribution < 1.29 is 4.74 Å². The Hall–Kier alpha value is -1.60. The number of nitrogens with zero attached hydrogens (tertiary/aromatic N) is 4. The van der Waals surface area contributed by atoms with Crippen molar-refractivity contribution in [1.82, 2.24) is 19.5 Å². The van der Waals surface area contributed by atoms with Crippen molar-refractivity contribution in [3.63, 3.8) is 0 Å². The maximum absolute atomic E-state index is 5.12. The van der Waals surface area contributed by atoms with E-state index in [4.69, 9.17) is 4.74 Å². The van der Waals surface area contributed by atoms with Crippen molar-refractivity contribution in [2.75, 3.05) is 19.0 Å². The highest BCUT2D eigenvalue weighted by molar-refractivity contribution is 7.99. The van der Waals surface area contributed by atoms with Crippen LogP contribution >= 0.6 is 11.8 Å². The van der Waals surface area contributed by atoms with Gasteiger partial charge in [0.05, 0.1) is 0 Å². The number of methoxy groups -OCH3 is 1. The van der Waals surface area contributed by atoms with E-state index in [1.807, 2.05) is 23.9 Å². The molecule has 0 amide bonds. The van der Waals surface area contributed by atoms with Crippen LogP contribution in [-0.4, -0.2) is 33.2 Å². The largest absolute Gasteiger partial charge is 0.377 e. The molecule has 2 heterocycles. The number of nitrogens with one attached hydrogen (secondary N) is 1. The van der Waals surface area contributed by atoms with Gasteiger partial charge in [-0.3, -0.25) is 0 Å². The molecule has 0 bridgehead atoms. The summed E-state index contributed by atoms with van der Waals surface area (Å²) in [5.41, 5.74) is 0. The minimum Gasteiger partial charge on any atom is -0.377 e. The summed E-state index contributed by atoms with van der Waals surface area (Å²) in [4.78, 5) is 13.2. The predicted molar refractivity (Wildman–Crippen MR) is 78.9 cm³/mol. The van der Waals surface area contributed by atoms with Gasteiger partial charge in [-0.25, -0.2) is 15.0 Å². The molecule has 0 saturated carbocycles. The Bertz CT molecular complexity index is 557. The van der Waals surface area contributed by atoms with E-state index >= 15 is 0 Å². The second-order valence-corrected chi connectivity index (χ2v) is 5.28. The van der Waals surface area contributed by atoms with E-state index in [2.05, 4.69) is 27.2 Å². The average Bonchev–Trinajstić information content (AvgIpc) is 2.82. The van der Waals surface area contributed by atoms with Gasteiger partial charge in [-0.15, -0.1) is 0 Å². The molecule has 2 rings (SSSR count). The summed E-state index contributed by atoms with van der Waals surface area (Å²) in [6.45, 7) is 3.40. The van der Waals surface area contributed by atoms with E-state index in [0.717, 1.165) is 29.0 Å². The smallest absolute Gasteiger partial charge is 0.174 e. The molecule has 0 spiro atoms. The maximum Gasteiger partial charge on any atom is 0.174 e. The van der Waals surface area contributed by atoms with Gasteiger partial charge in [-0.2, -0.15) is 0 Å². The molecule has 1 N–H and O–H groups in total. The Morgan fingerprint density at radius 3 is 2.90 bits per heavy atom. The molecule has 0 aliphatic heterocycles.